The molecule has 1 aromatic heterocycles. The number of methoxy groups -OCH3 is 1. The summed E-state index contributed by atoms with van der Waals surface area (Å²) in [7, 11) is 3.13. The Hall–Kier alpha value is -1.81. The molecule has 84 valence electrons. The second-order valence-electron chi connectivity index (χ2n) is 3.64. The fourth-order valence-electron chi connectivity index (χ4n) is 1.83. The first-order valence-corrected chi connectivity index (χ1v) is 4.95. The summed E-state index contributed by atoms with van der Waals surface area (Å²) in [6.07, 6.45) is 0.516. The Morgan fingerprint density at radius 2 is 2.12 bits per heavy atom. The summed E-state index contributed by atoms with van der Waals surface area (Å²) in [4.78, 5) is 11.3. The van der Waals surface area contributed by atoms with Crippen LogP contribution in [0.4, 0.5) is 0 Å². The average Bonchev–Trinajstić information content (AvgIpc) is 2.65. The molecule has 1 N–H and O–H groups in total. The molecule has 1 heterocycles. The van der Waals surface area contributed by atoms with Crippen LogP contribution in [0.5, 0.6) is 0 Å². The third-order valence-electron chi connectivity index (χ3n) is 2.65. The Kier molecular flexibility index (Phi) is 2.66. The Balaban J connectivity index is 2.57. The number of para-hydroxylation sites is 1. The van der Waals surface area contributed by atoms with Crippen molar-refractivity contribution < 1.29 is 14.6 Å². The Morgan fingerprint density at radius 3 is 2.81 bits per heavy atom. The highest BCUT2D eigenvalue weighted by Gasteiger charge is 2.21. The molecule has 0 fully saturated rings. The molecule has 0 aliphatic carbocycles. The zero-order valence-electron chi connectivity index (χ0n) is 9.18. The number of benzene rings is 1. The lowest BCUT2D eigenvalue weighted by Gasteiger charge is -2.06. The van der Waals surface area contributed by atoms with Gasteiger partial charge in [-0.2, -0.15) is 0 Å². The number of hydrogen-bond acceptors (Lipinski definition) is 3. The molecule has 1 unspecified atom stereocenters. The van der Waals surface area contributed by atoms with Gasteiger partial charge in [-0.15, -0.1) is 0 Å². The van der Waals surface area contributed by atoms with Gasteiger partial charge in [0.05, 0.1) is 7.11 Å². The maximum Gasteiger partial charge on any atom is 0.339 e. The van der Waals surface area contributed by atoms with Crippen molar-refractivity contribution in [2.75, 3.05) is 7.11 Å². The maximum atomic E-state index is 11.3. The van der Waals surface area contributed by atoms with E-state index in [0.29, 0.717) is 5.56 Å². The summed E-state index contributed by atoms with van der Waals surface area (Å²) in [6, 6.07) is 7.59. The van der Waals surface area contributed by atoms with E-state index in [1.165, 1.54) is 7.11 Å². The Bertz CT molecular complexity index is 530. The summed E-state index contributed by atoms with van der Waals surface area (Å²) in [6.45, 7) is 0. The van der Waals surface area contributed by atoms with Crippen LogP contribution in [0.3, 0.4) is 0 Å². The number of carbonyl (C=O) groups is 1. The van der Waals surface area contributed by atoms with E-state index in [1.54, 1.807) is 6.20 Å². The minimum Gasteiger partial charge on any atom is -0.467 e. The molecule has 0 bridgehead atoms. The zero-order chi connectivity index (χ0) is 11.7. The zero-order valence-corrected chi connectivity index (χ0v) is 9.18. The molecule has 0 spiro atoms. The molecule has 1 aromatic carbocycles. The van der Waals surface area contributed by atoms with E-state index in [-0.39, 0.29) is 0 Å². The van der Waals surface area contributed by atoms with Gasteiger partial charge in [-0.3, -0.25) is 0 Å². The first-order chi connectivity index (χ1) is 7.65. The van der Waals surface area contributed by atoms with Crippen LogP contribution in [0.1, 0.15) is 11.7 Å². The van der Waals surface area contributed by atoms with Crippen molar-refractivity contribution in [3.05, 3.63) is 36.0 Å². The molecule has 4 nitrogen and oxygen atoms in total. The summed E-state index contributed by atoms with van der Waals surface area (Å²) in [5.74, 6) is -0.642. The monoisotopic (exact) mass is 219 g/mol. The second-order valence-corrected chi connectivity index (χ2v) is 3.64. The molecule has 16 heavy (non-hydrogen) atoms. The van der Waals surface area contributed by atoms with E-state index < -0.39 is 12.1 Å². The molecular formula is C12H13NO3. The average molecular weight is 219 g/mol. The SMILES string of the molecule is COC(=O)C(O)c1cn(C)c2ccccc12. The summed E-state index contributed by atoms with van der Waals surface area (Å²) >= 11 is 0. The van der Waals surface area contributed by atoms with Gasteiger partial charge in [0.15, 0.2) is 6.10 Å². The molecule has 0 radical (unpaired) electrons. The van der Waals surface area contributed by atoms with Crippen molar-refractivity contribution in [2.45, 2.75) is 6.10 Å². The van der Waals surface area contributed by atoms with Gasteiger partial charge in [0.1, 0.15) is 0 Å². The quantitative estimate of drug-likeness (QED) is 0.776. The maximum absolute atomic E-state index is 11.3. The van der Waals surface area contributed by atoms with Crippen LogP contribution in [0.15, 0.2) is 30.5 Å². The molecule has 0 saturated carbocycles. The van der Waals surface area contributed by atoms with Crippen molar-refractivity contribution in [1.82, 2.24) is 4.57 Å². The van der Waals surface area contributed by atoms with Crippen LogP contribution < -0.4 is 0 Å². The number of nitrogens with zero attached hydrogens (tertiary/aromatic N) is 1. The first-order valence-electron chi connectivity index (χ1n) is 4.95. The van der Waals surface area contributed by atoms with Crippen LogP contribution in [0, 0.1) is 0 Å². The molecule has 0 aliphatic rings. The van der Waals surface area contributed by atoms with Crippen molar-refractivity contribution >= 4 is 16.9 Å². The van der Waals surface area contributed by atoms with Gasteiger partial charge in [-0.05, 0) is 6.07 Å². The number of ether oxygens (including phenoxy) is 1. The van der Waals surface area contributed by atoms with E-state index in [4.69, 9.17) is 0 Å². The van der Waals surface area contributed by atoms with Gasteiger partial charge in [-0.1, -0.05) is 18.2 Å². The third kappa shape index (κ3) is 1.57. The van der Waals surface area contributed by atoms with E-state index in [1.807, 2.05) is 35.9 Å². The fourth-order valence-corrected chi connectivity index (χ4v) is 1.83. The fraction of sp³-hybridized carbons (Fsp3) is 0.250. The topological polar surface area (TPSA) is 51.5 Å². The van der Waals surface area contributed by atoms with Gasteiger partial charge in [-0.25, -0.2) is 4.79 Å². The van der Waals surface area contributed by atoms with Crippen molar-refractivity contribution in [2.24, 2.45) is 7.05 Å². The third-order valence-corrected chi connectivity index (χ3v) is 2.65. The first kappa shape index (κ1) is 10.7. The number of carbonyl (C=O) groups excluding carboxylic acids is 1. The number of aliphatic hydroxyl groups excluding tert-OH is 1. The van der Waals surface area contributed by atoms with Crippen LogP contribution >= 0.6 is 0 Å². The number of aromatic nitrogens is 1. The highest BCUT2D eigenvalue weighted by molar-refractivity contribution is 5.89. The van der Waals surface area contributed by atoms with Gasteiger partial charge in [0.25, 0.3) is 0 Å². The molecule has 4 heteroatoms. The normalized spacial score (nSPS) is 12.7. The largest absolute Gasteiger partial charge is 0.467 e. The number of fused-ring (bicyclic) bond motifs is 1. The van der Waals surface area contributed by atoms with Crippen LogP contribution in [0.2, 0.25) is 0 Å². The summed E-state index contributed by atoms with van der Waals surface area (Å²) < 4.78 is 6.40. The van der Waals surface area contributed by atoms with E-state index >= 15 is 0 Å². The standard InChI is InChI=1S/C12H13NO3/c1-13-7-9(11(14)12(15)16-2)8-5-3-4-6-10(8)13/h3-7,11,14H,1-2H3. The van der Waals surface area contributed by atoms with Gasteiger partial charge in [0.2, 0.25) is 0 Å². The van der Waals surface area contributed by atoms with Crippen LogP contribution in [-0.2, 0) is 16.6 Å². The van der Waals surface area contributed by atoms with E-state index in [2.05, 4.69) is 4.74 Å². The van der Waals surface area contributed by atoms with Crippen molar-refractivity contribution in [1.29, 1.82) is 0 Å². The van der Waals surface area contributed by atoms with Crippen molar-refractivity contribution in [3.8, 4) is 0 Å². The molecular weight excluding hydrogens is 206 g/mol. The molecule has 0 amide bonds. The molecule has 0 saturated heterocycles. The molecule has 0 aliphatic heterocycles. The number of aliphatic hydroxyl groups is 1. The predicted molar refractivity (Wildman–Crippen MR) is 59.9 cm³/mol. The lowest BCUT2D eigenvalue weighted by Crippen LogP contribution is -2.13. The van der Waals surface area contributed by atoms with Gasteiger partial charge >= 0.3 is 5.97 Å². The number of aryl methyl sites for hydroxylation is 1. The summed E-state index contributed by atoms with van der Waals surface area (Å²) in [5, 5.41) is 10.7. The molecule has 1 atom stereocenters. The van der Waals surface area contributed by atoms with Crippen LogP contribution in [0.25, 0.3) is 10.9 Å². The lowest BCUT2D eigenvalue weighted by molar-refractivity contribution is -0.150. The molecule has 2 aromatic rings. The lowest BCUT2D eigenvalue weighted by atomic mass is 10.1. The highest BCUT2D eigenvalue weighted by atomic mass is 16.5. The number of hydrogen-bond donors (Lipinski definition) is 1. The Morgan fingerprint density at radius 1 is 1.44 bits per heavy atom. The molecule has 2 rings (SSSR count). The minimum atomic E-state index is -1.23. The van der Waals surface area contributed by atoms with Crippen molar-refractivity contribution in [3.63, 3.8) is 0 Å². The minimum absolute atomic E-state index is 0.574. The number of rotatable bonds is 2. The predicted octanol–water partition coefficient (Wildman–Crippen LogP) is 1.38. The summed E-state index contributed by atoms with van der Waals surface area (Å²) in [5.41, 5.74) is 1.55. The van der Waals surface area contributed by atoms with E-state index in [0.717, 1.165) is 10.9 Å². The van der Waals surface area contributed by atoms with E-state index in [9.17, 15) is 9.90 Å². The van der Waals surface area contributed by atoms with Gasteiger partial charge in [0, 0.05) is 29.7 Å². The number of esters is 1. The smallest absolute Gasteiger partial charge is 0.339 e. The van der Waals surface area contributed by atoms with Gasteiger partial charge < -0.3 is 14.4 Å². The second kappa shape index (κ2) is 3.98. The highest BCUT2D eigenvalue weighted by Crippen LogP contribution is 2.26. The van der Waals surface area contributed by atoms with Crippen LogP contribution in [-0.4, -0.2) is 22.8 Å². The Labute approximate surface area is 93.1 Å².